The van der Waals surface area contributed by atoms with E-state index >= 15 is 0 Å². The summed E-state index contributed by atoms with van der Waals surface area (Å²) in [5, 5.41) is 3.34. The van der Waals surface area contributed by atoms with Crippen LogP contribution in [0.2, 0.25) is 5.02 Å². The zero-order valence-corrected chi connectivity index (χ0v) is 20.1. The number of nitrogens with one attached hydrogen (secondary N) is 1. The molecule has 1 aliphatic rings. The van der Waals surface area contributed by atoms with E-state index in [-0.39, 0.29) is 11.8 Å². The highest BCUT2D eigenvalue weighted by Crippen LogP contribution is 2.44. The smallest absolute Gasteiger partial charge is 0.254 e. The molecule has 7 nitrogen and oxygen atoms in total. The topological polar surface area (TPSA) is 77.1 Å². The van der Waals surface area contributed by atoms with Crippen LogP contribution in [0.4, 0.5) is 5.69 Å². The summed E-state index contributed by atoms with van der Waals surface area (Å²) in [7, 11) is 6.33. The number of methoxy groups -OCH3 is 3. The van der Waals surface area contributed by atoms with Gasteiger partial charge in [-0.05, 0) is 47.5 Å². The summed E-state index contributed by atoms with van der Waals surface area (Å²) in [4.78, 5) is 28.5. The number of fused-ring (bicyclic) bond motifs is 1. The third kappa shape index (κ3) is 4.15. The fourth-order valence-corrected chi connectivity index (χ4v) is 4.63. The number of halogens is 1. The fraction of sp³-hybridized carbons (Fsp3) is 0.231. The van der Waals surface area contributed by atoms with Gasteiger partial charge in [0.2, 0.25) is 5.91 Å². The van der Waals surface area contributed by atoms with Gasteiger partial charge < -0.3 is 24.4 Å². The molecule has 3 aromatic rings. The van der Waals surface area contributed by atoms with Crippen molar-refractivity contribution < 1.29 is 23.8 Å². The number of hydrogen-bond donors (Lipinski definition) is 1. The molecule has 0 radical (unpaired) electrons. The van der Waals surface area contributed by atoms with Gasteiger partial charge in [-0.25, -0.2) is 0 Å². The molecule has 3 aromatic carbocycles. The van der Waals surface area contributed by atoms with E-state index in [1.807, 2.05) is 18.2 Å². The molecule has 2 atom stereocenters. The average Bonchev–Trinajstić information content (AvgIpc) is 2.85. The molecular weight excluding hydrogens is 456 g/mol. The van der Waals surface area contributed by atoms with Crippen LogP contribution in [0.15, 0.2) is 60.7 Å². The summed E-state index contributed by atoms with van der Waals surface area (Å²) in [5.41, 5.74) is 2.42. The Hall–Kier alpha value is -3.71. The van der Waals surface area contributed by atoms with Crippen molar-refractivity contribution >= 4 is 29.1 Å². The van der Waals surface area contributed by atoms with Gasteiger partial charge >= 0.3 is 0 Å². The molecule has 0 saturated carbocycles. The van der Waals surface area contributed by atoms with E-state index in [0.717, 1.165) is 5.56 Å². The van der Waals surface area contributed by atoms with Crippen molar-refractivity contribution in [2.75, 3.05) is 33.7 Å². The quantitative estimate of drug-likeness (QED) is 0.542. The first kappa shape index (κ1) is 23.4. The Balaban J connectivity index is 1.80. The van der Waals surface area contributed by atoms with E-state index in [9.17, 15) is 9.59 Å². The van der Waals surface area contributed by atoms with E-state index in [0.29, 0.717) is 39.1 Å². The molecule has 2 amide bonds. The number of benzene rings is 3. The molecule has 0 spiro atoms. The molecule has 4 rings (SSSR count). The number of nitrogens with zero attached hydrogens (tertiary/aromatic N) is 1. The maximum atomic E-state index is 13.7. The number of likely N-dealkylation sites (N-methyl/N-ethyl adjacent to an activating group) is 1. The minimum Gasteiger partial charge on any atom is -0.495 e. The number of carbonyl (C=O) groups excluding carboxylic acids is 2. The van der Waals surface area contributed by atoms with E-state index < -0.39 is 12.0 Å². The highest BCUT2D eigenvalue weighted by atomic mass is 35.5. The van der Waals surface area contributed by atoms with Gasteiger partial charge in [-0.1, -0.05) is 35.9 Å². The lowest BCUT2D eigenvalue weighted by atomic mass is 9.79. The second kappa shape index (κ2) is 9.65. The summed E-state index contributed by atoms with van der Waals surface area (Å²) in [5.74, 6) is 0.472. The first-order valence-electron chi connectivity index (χ1n) is 10.6. The summed E-state index contributed by atoms with van der Waals surface area (Å²) in [6.45, 7) is 0. The summed E-state index contributed by atoms with van der Waals surface area (Å²) in [6.07, 6.45) is 0. The third-order valence-corrected chi connectivity index (χ3v) is 6.33. The van der Waals surface area contributed by atoms with Crippen molar-refractivity contribution in [1.29, 1.82) is 0 Å². The van der Waals surface area contributed by atoms with Gasteiger partial charge in [0.1, 0.15) is 5.75 Å². The van der Waals surface area contributed by atoms with Crippen LogP contribution in [0.25, 0.3) is 0 Å². The summed E-state index contributed by atoms with van der Waals surface area (Å²) >= 11 is 6.25. The Morgan fingerprint density at radius 3 is 2.26 bits per heavy atom. The Labute approximate surface area is 203 Å². The normalized spacial score (nSPS) is 17.1. The fourth-order valence-electron chi connectivity index (χ4n) is 4.37. The molecule has 34 heavy (non-hydrogen) atoms. The van der Waals surface area contributed by atoms with Crippen molar-refractivity contribution in [2.24, 2.45) is 0 Å². The van der Waals surface area contributed by atoms with Crippen molar-refractivity contribution in [3.63, 3.8) is 0 Å². The Kier molecular flexibility index (Phi) is 6.65. The molecule has 1 heterocycles. The summed E-state index contributed by atoms with van der Waals surface area (Å²) < 4.78 is 16.0. The molecule has 1 aliphatic heterocycles. The van der Waals surface area contributed by atoms with Crippen LogP contribution >= 0.6 is 11.6 Å². The highest BCUT2D eigenvalue weighted by Gasteiger charge is 2.42. The van der Waals surface area contributed by atoms with Gasteiger partial charge in [-0.15, -0.1) is 0 Å². The van der Waals surface area contributed by atoms with Gasteiger partial charge in [0.25, 0.3) is 5.91 Å². The van der Waals surface area contributed by atoms with Crippen molar-refractivity contribution in [3.05, 3.63) is 82.4 Å². The van der Waals surface area contributed by atoms with Gasteiger partial charge in [-0.2, -0.15) is 0 Å². The molecule has 1 N–H and O–H groups in total. The predicted molar refractivity (Wildman–Crippen MR) is 130 cm³/mol. The molecular formula is C26H25ClN2O5. The SMILES string of the molecule is COc1ccc(NC(=O)[C@@H]2c3ccccc3C(=O)N(C)[C@H]2c2ccc(OC)c(OC)c2)cc1Cl. The zero-order chi connectivity index (χ0) is 24.4. The van der Waals surface area contributed by atoms with Gasteiger partial charge in [0.15, 0.2) is 11.5 Å². The van der Waals surface area contributed by atoms with Crippen LogP contribution in [-0.2, 0) is 4.79 Å². The van der Waals surface area contributed by atoms with E-state index in [1.54, 1.807) is 68.6 Å². The molecule has 0 unspecified atom stereocenters. The lowest BCUT2D eigenvalue weighted by Crippen LogP contribution is -2.44. The molecule has 176 valence electrons. The Bertz CT molecular complexity index is 1250. The maximum absolute atomic E-state index is 13.7. The minimum atomic E-state index is -0.683. The van der Waals surface area contributed by atoms with Crippen LogP contribution in [0.5, 0.6) is 17.2 Å². The molecule has 8 heteroatoms. The van der Waals surface area contributed by atoms with Crippen LogP contribution < -0.4 is 19.5 Å². The standard InChI is InChI=1S/C26H25ClN2O5/c1-29-24(15-9-11-21(33-3)22(13-15)34-4)23(17-7-5-6-8-18(17)26(29)31)25(30)28-16-10-12-20(32-2)19(27)14-16/h5-14,23-24H,1-4H3,(H,28,30)/t23-,24+/m1/s1. The lowest BCUT2D eigenvalue weighted by Gasteiger charge is -2.40. The number of rotatable bonds is 6. The predicted octanol–water partition coefficient (Wildman–Crippen LogP) is 4.92. The molecule has 0 aliphatic carbocycles. The molecule has 0 aromatic heterocycles. The number of carbonyl (C=O) groups is 2. The first-order chi connectivity index (χ1) is 16.4. The number of hydrogen-bond acceptors (Lipinski definition) is 5. The van der Waals surface area contributed by atoms with Gasteiger partial charge in [-0.3, -0.25) is 9.59 Å². The zero-order valence-electron chi connectivity index (χ0n) is 19.3. The van der Waals surface area contributed by atoms with Gasteiger partial charge in [0.05, 0.1) is 38.3 Å². The minimum absolute atomic E-state index is 0.160. The highest BCUT2D eigenvalue weighted by molar-refractivity contribution is 6.32. The largest absolute Gasteiger partial charge is 0.495 e. The second-order valence-corrected chi connectivity index (χ2v) is 8.29. The van der Waals surface area contributed by atoms with Crippen molar-refractivity contribution in [1.82, 2.24) is 4.90 Å². The first-order valence-corrected chi connectivity index (χ1v) is 11.0. The van der Waals surface area contributed by atoms with Crippen molar-refractivity contribution in [2.45, 2.75) is 12.0 Å². The molecule has 0 saturated heterocycles. The van der Waals surface area contributed by atoms with E-state index in [1.165, 1.54) is 7.11 Å². The van der Waals surface area contributed by atoms with Crippen LogP contribution in [0, 0.1) is 0 Å². The number of anilines is 1. The Morgan fingerprint density at radius 1 is 0.912 bits per heavy atom. The van der Waals surface area contributed by atoms with Crippen LogP contribution in [0.1, 0.15) is 33.4 Å². The summed E-state index contributed by atoms with van der Waals surface area (Å²) in [6, 6.07) is 17.1. The molecule has 0 fully saturated rings. The van der Waals surface area contributed by atoms with Crippen molar-refractivity contribution in [3.8, 4) is 17.2 Å². The van der Waals surface area contributed by atoms with Crippen LogP contribution in [0.3, 0.4) is 0 Å². The maximum Gasteiger partial charge on any atom is 0.254 e. The second-order valence-electron chi connectivity index (χ2n) is 7.88. The Morgan fingerprint density at radius 2 is 1.59 bits per heavy atom. The van der Waals surface area contributed by atoms with Gasteiger partial charge in [0, 0.05) is 18.3 Å². The number of amides is 2. The van der Waals surface area contributed by atoms with E-state index in [2.05, 4.69) is 5.32 Å². The number of ether oxygens (including phenoxy) is 3. The lowest BCUT2D eigenvalue weighted by molar-refractivity contribution is -0.119. The third-order valence-electron chi connectivity index (χ3n) is 6.03. The molecule has 0 bridgehead atoms. The monoisotopic (exact) mass is 480 g/mol. The average molecular weight is 481 g/mol. The van der Waals surface area contributed by atoms with E-state index in [4.69, 9.17) is 25.8 Å². The van der Waals surface area contributed by atoms with Crippen LogP contribution in [-0.4, -0.2) is 45.1 Å².